The molecule has 0 saturated heterocycles. The second kappa shape index (κ2) is 7.28. The standard InChI is InChI=1S/C13H29N/c1-11(2)13(5)9-7-8-10-14(6)12(3)4/h11-13H,7-10H2,1-6H3. The van der Waals surface area contributed by atoms with Gasteiger partial charge in [0.2, 0.25) is 0 Å². The summed E-state index contributed by atoms with van der Waals surface area (Å²) in [5, 5.41) is 0. The fourth-order valence-electron chi connectivity index (χ4n) is 1.42. The van der Waals surface area contributed by atoms with Gasteiger partial charge in [0, 0.05) is 6.04 Å². The van der Waals surface area contributed by atoms with Gasteiger partial charge in [-0.3, -0.25) is 0 Å². The lowest BCUT2D eigenvalue weighted by molar-refractivity contribution is 0.261. The molecule has 0 N–H and O–H groups in total. The second-order valence-electron chi connectivity index (χ2n) is 5.29. The Kier molecular flexibility index (Phi) is 7.26. The third-order valence-corrected chi connectivity index (χ3v) is 3.44. The number of hydrogen-bond acceptors (Lipinski definition) is 1. The molecule has 1 atom stereocenters. The van der Waals surface area contributed by atoms with Crippen molar-refractivity contribution in [2.75, 3.05) is 13.6 Å². The minimum atomic E-state index is 0.692. The Morgan fingerprint density at radius 3 is 1.93 bits per heavy atom. The molecule has 0 aromatic rings. The molecule has 0 fully saturated rings. The number of unbranched alkanes of at least 4 members (excludes halogenated alkanes) is 1. The van der Waals surface area contributed by atoms with E-state index in [9.17, 15) is 0 Å². The molecule has 0 amide bonds. The van der Waals surface area contributed by atoms with Crippen LogP contribution in [-0.4, -0.2) is 24.5 Å². The summed E-state index contributed by atoms with van der Waals surface area (Å²) in [5.41, 5.74) is 0. The monoisotopic (exact) mass is 199 g/mol. The van der Waals surface area contributed by atoms with Crippen LogP contribution in [0.1, 0.15) is 53.9 Å². The van der Waals surface area contributed by atoms with Crippen LogP contribution in [-0.2, 0) is 0 Å². The van der Waals surface area contributed by atoms with E-state index in [1.165, 1.54) is 25.8 Å². The van der Waals surface area contributed by atoms with Crippen LogP contribution in [0, 0.1) is 11.8 Å². The molecule has 0 aliphatic heterocycles. The molecule has 86 valence electrons. The maximum absolute atomic E-state index is 2.43. The Balaban J connectivity index is 3.38. The van der Waals surface area contributed by atoms with Gasteiger partial charge < -0.3 is 4.90 Å². The van der Waals surface area contributed by atoms with Crippen molar-refractivity contribution >= 4 is 0 Å². The summed E-state index contributed by atoms with van der Waals surface area (Å²) in [6, 6.07) is 0.692. The van der Waals surface area contributed by atoms with Gasteiger partial charge in [-0.05, 0) is 45.7 Å². The second-order valence-corrected chi connectivity index (χ2v) is 5.29. The molecule has 0 rings (SSSR count). The fourth-order valence-corrected chi connectivity index (χ4v) is 1.42. The zero-order valence-corrected chi connectivity index (χ0v) is 11.0. The van der Waals surface area contributed by atoms with Crippen molar-refractivity contribution in [1.82, 2.24) is 4.90 Å². The summed E-state index contributed by atoms with van der Waals surface area (Å²) < 4.78 is 0. The van der Waals surface area contributed by atoms with Gasteiger partial charge in [0.25, 0.3) is 0 Å². The molecule has 0 spiro atoms. The molecule has 1 heteroatoms. The van der Waals surface area contributed by atoms with Crippen molar-refractivity contribution in [3.8, 4) is 0 Å². The fraction of sp³-hybridized carbons (Fsp3) is 1.00. The van der Waals surface area contributed by atoms with Crippen LogP contribution in [0.5, 0.6) is 0 Å². The van der Waals surface area contributed by atoms with Crippen molar-refractivity contribution in [2.24, 2.45) is 11.8 Å². The smallest absolute Gasteiger partial charge is 0.00355 e. The van der Waals surface area contributed by atoms with Gasteiger partial charge in [-0.1, -0.05) is 33.6 Å². The Morgan fingerprint density at radius 1 is 0.929 bits per heavy atom. The summed E-state index contributed by atoms with van der Waals surface area (Å²) in [6.45, 7) is 12.8. The first-order chi connectivity index (χ1) is 6.45. The van der Waals surface area contributed by atoms with Gasteiger partial charge in [0.05, 0.1) is 0 Å². The molecule has 1 nitrogen and oxygen atoms in total. The molecule has 0 aromatic heterocycles. The topological polar surface area (TPSA) is 3.24 Å². The molecule has 0 saturated carbocycles. The highest BCUT2D eigenvalue weighted by Crippen LogP contribution is 2.17. The number of hydrogen-bond donors (Lipinski definition) is 0. The van der Waals surface area contributed by atoms with Gasteiger partial charge in [0.1, 0.15) is 0 Å². The normalized spacial score (nSPS) is 14.4. The maximum Gasteiger partial charge on any atom is 0.00355 e. The summed E-state index contributed by atoms with van der Waals surface area (Å²) in [5.74, 6) is 1.73. The summed E-state index contributed by atoms with van der Waals surface area (Å²) in [7, 11) is 2.22. The van der Waals surface area contributed by atoms with Crippen LogP contribution < -0.4 is 0 Å². The largest absolute Gasteiger partial charge is 0.304 e. The van der Waals surface area contributed by atoms with E-state index in [0.29, 0.717) is 6.04 Å². The van der Waals surface area contributed by atoms with E-state index in [4.69, 9.17) is 0 Å². The van der Waals surface area contributed by atoms with Gasteiger partial charge >= 0.3 is 0 Å². The third kappa shape index (κ3) is 6.42. The highest BCUT2D eigenvalue weighted by molar-refractivity contribution is 4.60. The van der Waals surface area contributed by atoms with Gasteiger partial charge in [-0.25, -0.2) is 0 Å². The van der Waals surface area contributed by atoms with E-state index < -0.39 is 0 Å². The SMILES string of the molecule is CC(C)C(C)CCCCN(C)C(C)C. The van der Waals surface area contributed by atoms with Crippen molar-refractivity contribution in [1.29, 1.82) is 0 Å². The van der Waals surface area contributed by atoms with Crippen LogP contribution in [0.15, 0.2) is 0 Å². The minimum Gasteiger partial charge on any atom is -0.304 e. The van der Waals surface area contributed by atoms with E-state index in [0.717, 1.165) is 11.8 Å². The Labute approximate surface area is 90.9 Å². The molecule has 1 unspecified atom stereocenters. The highest BCUT2D eigenvalue weighted by Gasteiger charge is 2.07. The average molecular weight is 199 g/mol. The van der Waals surface area contributed by atoms with E-state index >= 15 is 0 Å². The first-order valence-corrected chi connectivity index (χ1v) is 6.15. The van der Waals surface area contributed by atoms with Crippen LogP contribution >= 0.6 is 0 Å². The Hall–Kier alpha value is -0.0400. The third-order valence-electron chi connectivity index (χ3n) is 3.44. The van der Waals surface area contributed by atoms with Crippen molar-refractivity contribution in [3.63, 3.8) is 0 Å². The van der Waals surface area contributed by atoms with Gasteiger partial charge in [-0.2, -0.15) is 0 Å². The zero-order valence-electron chi connectivity index (χ0n) is 11.0. The minimum absolute atomic E-state index is 0.692. The zero-order chi connectivity index (χ0) is 11.1. The Morgan fingerprint density at radius 2 is 1.50 bits per heavy atom. The van der Waals surface area contributed by atoms with E-state index in [2.05, 4.69) is 46.6 Å². The van der Waals surface area contributed by atoms with Crippen LogP contribution in [0.3, 0.4) is 0 Å². The molecule has 0 aliphatic rings. The van der Waals surface area contributed by atoms with E-state index in [1.54, 1.807) is 0 Å². The average Bonchev–Trinajstić information content (AvgIpc) is 2.11. The number of rotatable bonds is 7. The molecule has 14 heavy (non-hydrogen) atoms. The lowest BCUT2D eigenvalue weighted by atomic mass is 9.92. The predicted octanol–water partition coefficient (Wildman–Crippen LogP) is 3.79. The molecule has 0 bridgehead atoms. The lowest BCUT2D eigenvalue weighted by Gasteiger charge is -2.21. The first kappa shape index (κ1) is 14.0. The highest BCUT2D eigenvalue weighted by atomic mass is 15.1. The molecular formula is C13H29N. The van der Waals surface area contributed by atoms with Crippen molar-refractivity contribution < 1.29 is 0 Å². The van der Waals surface area contributed by atoms with Crippen molar-refractivity contribution in [3.05, 3.63) is 0 Å². The molecule has 0 aromatic carbocycles. The molecule has 0 heterocycles. The predicted molar refractivity (Wildman–Crippen MR) is 65.6 cm³/mol. The van der Waals surface area contributed by atoms with E-state index in [-0.39, 0.29) is 0 Å². The first-order valence-electron chi connectivity index (χ1n) is 6.15. The summed E-state index contributed by atoms with van der Waals surface area (Å²) in [6.07, 6.45) is 4.13. The summed E-state index contributed by atoms with van der Waals surface area (Å²) >= 11 is 0. The van der Waals surface area contributed by atoms with Crippen LogP contribution in [0.2, 0.25) is 0 Å². The van der Waals surface area contributed by atoms with Crippen LogP contribution in [0.25, 0.3) is 0 Å². The van der Waals surface area contributed by atoms with Crippen molar-refractivity contribution in [2.45, 2.75) is 59.9 Å². The summed E-state index contributed by atoms with van der Waals surface area (Å²) in [4.78, 5) is 2.43. The Bertz CT molecular complexity index is 113. The van der Waals surface area contributed by atoms with E-state index in [1.807, 2.05) is 0 Å². The van der Waals surface area contributed by atoms with Gasteiger partial charge in [0.15, 0.2) is 0 Å². The molecular weight excluding hydrogens is 170 g/mol. The molecule has 0 radical (unpaired) electrons. The number of nitrogens with zero attached hydrogens (tertiary/aromatic N) is 1. The molecule has 0 aliphatic carbocycles. The maximum atomic E-state index is 2.43. The van der Waals surface area contributed by atoms with Gasteiger partial charge in [-0.15, -0.1) is 0 Å². The van der Waals surface area contributed by atoms with Crippen LogP contribution in [0.4, 0.5) is 0 Å². The lowest BCUT2D eigenvalue weighted by Crippen LogP contribution is -2.27. The quantitative estimate of drug-likeness (QED) is 0.564.